The van der Waals surface area contributed by atoms with Crippen molar-refractivity contribution in [2.75, 3.05) is 13.1 Å². The van der Waals surface area contributed by atoms with E-state index in [1.807, 2.05) is 0 Å². The second kappa shape index (κ2) is 15.9. The summed E-state index contributed by atoms with van der Waals surface area (Å²) in [4.78, 5) is 21.4. The predicted octanol–water partition coefficient (Wildman–Crippen LogP) is 0.467. The monoisotopic (exact) mass is 469 g/mol. The van der Waals surface area contributed by atoms with E-state index < -0.39 is 5.91 Å². The number of nitrogens with one attached hydrogen (secondary N) is 1. The summed E-state index contributed by atoms with van der Waals surface area (Å²) in [6.45, 7) is 5.47. The number of rotatable bonds is 2. The fourth-order valence-electron chi connectivity index (χ4n) is 0.944. The van der Waals surface area contributed by atoms with Crippen LogP contribution >= 0.6 is 0 Å². The Morgan fingerprint density at radius 1 is 1.56 bits per heavy atom. The minimum atomic E-state index is -0.407. The summed E-state index contributed by atoms with van der Waals surface area (Å²) in [5.74, 6) is -0.407. The maximum absolute atomic E-state index is 9.98. The minimum Gasteiger partial charge on any atom is -0.484 e. The van der Waals surface area contributed by atoms with Crippen LogP contribution in [0.5, 0.6) is 0 Å². The molecule has 1 aliphatic rings. The number of piperidine rings is 1. The predicted molar refractivity (Wildman–Crippen MR) is 54.3 cm³/mol. The molecule has 16 heavy (non-hydrogen) atoms. The van der Waals surface area contributed by atoms with Gasteiger partial charge in [0.05, 0.1) is 6.41 Å². The topological polar surface area (TPSA) is 49.4 Å². The van der Waals surface area contributed by atoms with Crippen LogP contribution in [0.3, 0.4) is 0 Å². The number of carbonyl (C=O) groups is 1. The summed E-state index contributed by atoms with van der Waals surface area (Å²) >= 11 is 0. The third-order valence-electron chi connectivity index (χ3n) is 1.69. The van der Waals surface area contributed by atoms with E-state index in [1.165, 1.54) is 25.8 Å². The van der Waals surface area contributed by atoms with Crippen molar-refractivity contribution in [3.8, 4) is 0 Å². The molecule has 4 nitrogen and oxygen atoms in total. The summed E-state index contributed by atoms with van der Waals surface area (Å²) in [6.07, 6.45) is 6.16. The van der Waals surface area contributed by atoms with Crippen LogP contribution in [-0.4, -0.2) is 30.3 Å². The van der Waals surface area contributed by atoms with E-state index in [2.05, 4.69) is 25.3 Å². The number of imide groups is 1. The van der Waals surface area contributed by atoms with Crippen LogP contribution < -0.4 is 5.32 Å². The van der Waals surface area contributed by atoms with Crippen molar-refractivity contribution in [3.05, 3.63) is 20.4 Å². The van der Waals surface area contributed by atoms with Gasteiger partial charge in [0.25, 0.3) is 0 Å². The van der Waals surface area contributed by atoms with E-state index in [4.69, 9.17) is 0 Å². The third-order valence-corrected chi connectivity index (χ3v) is 1.69. The van der Waals surface area contributed by atoms with Gasteiger partial charge in [0.1, 0.15) is 0 Å². The molecule has 0 bridgehead atoms. The molecule has 1 aliphatic heterocycles. The zero-order valence-corrected chi connectivity index (χ0v) is 15.0. The van der Waals surface area contributed by atoms with Gasteiger partial charge in [-0.1, -0.05) is 6.42 Å². The second-order valence-corrected chi connectivity index (χ2v) is 2.91. The Hall–Kier alpha value is 0.892. The van der Waals surface area contributed by atoms with Crippen molar-refractivity contribution in [1.82, 2.24) is 10.2 Å². The van der Waals surface area contributed by atoms with Gasteiger partial charge in [0, 0.05) is 59.7 Å². The molecule has 2 amide bonds. The van der Waals surface area contributed by atoms with Crippen LogP contribution in [0, 0.1) is 20.4 Å². The van der Waals surface area contributed by atoms with Gasteiger partial charge in [-0.25, -0.2) is 0 Å². The van der Waals surface area contributed by atoms with E-state index in [9.17, 15) is 9.59 Å². The van der Waals surface area contributed by atoms with Crippen LogP contribution in [0.4, 0.5) is 0 Å². The molecule has 0 unspecified atom stereocenters. The van der Waals surface area contributed by atoms with Gasteiger partial charge in [-0.05, 0) is 6.54 Å². The first-order chi connectivity index (χ1) is 6.70. The SMILES string of the molecule is [CH2-]CC(=O)N[C-]=O.[CH2-]N1C[CH-]CCC1.[W].[Y]. The number of likely N-dealkylation sites (tertiary alicyclic amines) is 1. The zero-order valence-electron chi connectivity index (χ0n) is 9.28. The molecule has 1 heterocycles. The van der Waals surface area contributed by atoms with E-state index in [0.29, 0.717) is 0 Å². The van der Waals surface area contributed by atoms with Crippen molar-refractivity contribution >= 4 is 12.3 Å². The normalized spacial score (nSPS) is 14.4. The van der Waals surface area contributed by atoms with Crippen LogP contribution in [0.25, 0.3) is 0 Å². The van der Waals surface area contributed by atoms with Crippen molar-refractivity contribution in [2.45, 2.75) is 19.3 Å². The van der Waals surface area contributed by atoms with Gasteiger partial charge in [-0.3, -0.25) is 7.05 Å². The Kier molecular flexibility index (Phi) is 22.0. The number of amides is 2. The van der Waals surface area contributed by atoms with E-state index in [0.717, 1.165) is 6.54 Å². The van der Waals surface area contributed by atoms with Crippen LogP contribution in [-0.2, 0) is 63.4 Å². The van der Waals surface area contributed by atoms with Gasteiger partial charge in [-0.2, -0.15) is 19.4 Å². The smallest absolute Gasteiger partial charge is 0.0713 e. The fraction of sp³-hybridized carbons (Fsp3) is 0.500. The van der Waals surface area contributed by atoms with Crippen LogP contribution in [0.1, 0.15) is 19.3 Å². The first kappa shape index (κ1) is 22.1. The summed E-state index contributed by atoms with van der Waals surface area (Å²) in [7, 11) is 3.80. The van der Waals surface area contributed by atoms with Gasteiger partial charge in [0.2, 0.25) is 0 Å². The van der Waals surface area contributed by atoms with Gasteiger partial charge >= 0.3 is 0 Å². The Morgan fingerprint density at radius 3 is 2.38 bits per heavy atom. The fourth-order valence-corrected chi connectivity index (χ4v) is 0.944. The first-order valence-electron chi connectivity index (χ1n) is 4.53. The molecule has 6 heteroatoms. The quantitative estimate of drug-likeness (QED) is 0.473. The van der Waals surface area contributed by atoms with Crippen molar-refractivity contribution in [2.24, 2.45) is 0 Å². The number of hydrogen-bond donors (Lipinski definition) is 1. The van der Waals surface area contributed by atoms with Crippen molar-refractivity contribution in [1.29, 1.82) is 0 Å². The Morgan fingerprint density at radius 2 is 2.19 bits per heavy atom. The summed E-state index contributed by atoms with van der Waals surface area (Å²) in [6, 6.07) is 0. The zero-order chi connectivity index (χ0) is 10.8. The number of nitrogens with zero attached hydrogens (tertiary/aromatic N) is 1. The molecule has 1 fully saturated rings. The van der Waals surface area contributed by atoms with Gasteiger partial charge in [-0.15, -0.1) is 0 Å². The summed E-state index contributed by atoms with van der Waals surface area (Å²) in [5.41, 5.74) is 0. The maximum Gasteiger partial charge on any atom is 0.0713 e. The van der Waals surface area contributed by atoms with Gasteiger partial charge in [0.15, 0.2) is 0 Å². The largest absolute Gasteiger partial charge is 0.484 e. The molecule has 0 spiro atoms. The van der Waals surface area contributed by atoms with E-state index in [1.54, 1.807) is 5.32 Å². The van der Waals surface area contributed by atoms with E-state index in [-0.39, 0.29) is 60.2 Å². The van der Waals surface area contributed by atoms with Crippen molar-refractivity contribution < 1.29 is 63.4 Å². The first-order valence-corrected chi connectivity index (χ1v) is 4.53. The molecule has 1 saturated heterocycles. The molecule has 0 aromatic rings. The standard InChI is InChI=1S/C6H11N.C4H5NO2.W.Y/c1-7-5-3-2-4-6-7;1-2-4(7)5-3-6;;/h3H,1-2,4-6H2;1-2H2,(H,5,6,7);;/q2*-2;;. The molecular weight excluding hydrogens is 453 g/mol. The Labute approximate surface area is 137 Å². The average molecular weight is 469 g/mol. The number of carbonyl (C=O) groups excluding carboxylic acids is 2. The Bertz CT molecular complexity index is 176. The van der Waals surface area contributed by atoms with Crippen LogP contribution in [0.2, 0.25) is 0 Å². The van der Waals surface area contributed by atoms with Gasteiger partial charge < -0.3 is 33.2 Å². The molecule has 0 aliphatic carbocycles. The maximum atomic E-state index is 9.98. The van der Waals surface area contributed by atoms with Crippen molar-refractivity contribution in [3.63, 3.8) is 0 Å². The molecule has 0 saturated carbocycles. The summed E-state index contributed by atoms with van der Waals surface area (Å²) in [5, 5.41) is 1.79. The molecule has 0 atom stereocenters. The molecule has 91 valence electrons. The minimum absolute atomic E-state index is 0. The Balaban J connectivity index is -0.000000188. The molecule has 1 N–H and O–H groups in total. The van der Waals surface area contributed by atoms with E-state index >= 15 is 0 Å². The molecule has 1 radical (unpaired) electrons. The van der Waals surface area contributed by atoms with Crippen LogP contribution in [0.15, 0.2) is 0 Å². The molecule has 0 aromatic carbocycles. The molecular formula is C10H16N2O2WY-4. The molecule has 0 aromatic heterocycles. The molecule has 1 rings (SSSR count). The average Bonchev–Trinajstić information content (AvgIpc) is 2.20. The third kappa shape index (κ3) is 14.9. The summed E-state index contributed by atoms with van der Waals surface area (Å²) < 4.78 is 0. The second-order valence-electron chi connectivity index (χ2n) is 2.91. The number of hydrogen-bond acceptors (Lipinski definition) is 3.